The van der Waals surface area contributed by atoms with E-state index in [0.29, 0.717) is 11.4 Å². The first-order valence-corrected chi connectivity index (χ1v) is 7.00. The van der Waals surface area contributed by atoms with Gasteiger partial charge in [0.25, 0.3) is 0 Å². The van der Waals surface area contributed by atoms with Crippen molar-refractivity contribution in [3.63, 3.8) is 0 Å². The molecule has 3 aromatic rings. The lowest BCUT2D eigenvalue weighted by molar-refractivity contribution is 1.05. The number of benzene rings is 2. The van der Waals surface area contributed by atoms with Crippen LogP contribution >= 0.6 is 0 Å². The van der Waals surface area contributed by atoms with Gasteiger partial charge < -0.3 is 11.5 Å². The number of nitrogen functional groups attached to an aromatic ring is 2. The summed E-state index contributed by atoms with van der Waals surface area (Å²) in [5.41, 5.74) is 16.0. The van der Waals surface area contributed by atoms with Crippen LogP contribution in [0.25, 0.3) is 12.2 Å². The van der Waals surface area contributed by atoms with Crippen molar-refractivity contribution in [2.75, 3.05) is 11.5 Å². The van der Waals surface area contributed by atoms with Crippen LogP contribution in [0.4, 0.5) is 11.4 Å². The molecule has 0 fully saturated rings. The molecule has 0 aliphatic carbocycles. The maximum atomic E-state index is 5.87. The Morgan fingerprint density at radius 1 is 0.909 bits per heavy atom. The zero-order valence-electron chi connectivity index (χ0n) is 12.5. The first-order valence-electron chi connectivity index (χ1n) is 7.00. The standard InChI is InChI=1S/C14H14N2.C4H6N2/c15-13-8-4-7-12(14(13)16)10-9-11-5-2-1-3-6-11;1-4-2-3-5-6-4/h1-10H,15-16H2;2-3H,1H3,(H,5,6). The van der Waals surface area contributed by atoms with Crippen LogP contribution in [0.2, 0.25) is 0 Å². The van der Waals surface area contributed by atoms with Gasteiger partial charge in [-0.25, -0.2) is 0 Å². The highest BCUT2D eigenvalue weighted by Crippen LogP contribution is 2.21. The zero-order valence-corrected chi connectivity index (χ0v) is 12.5. The van der Waals surface area contributed by atoms with Gasteiger partial charge in [0.1, 0.15) is 0 Å². The number of aromatic amines is 1. The summed E-state index contributed by atoms with van der Waals surface area (Å²) in [5.74, 6) is 0. The molecule has 2 aromatic carbocycles. The molecule has 4 heteroatoms. The molecule has 0 saturated heterocycles. The molecule has 0 saturated carbocycles. The van der Waals surface area contributed by atoms with Gasteiger partial charge in [0.15, 0.2) is 0 Å². The van der Waals surface area contributed by atoms with E-state index in [1.165, 1.54) is 0 Å². The van der Waals surface area contributed by atoms with Gasteiger partial charge in [-0.2, -0.15) is 5.10 Å². The zero-order chi connectivity index (χ0) is 15.8. The number of nitrogens with one attached hydrogen (secondary N) is 1. The van der Waals surface area contributed by atoms with Crippen molar-refractivity contribution < 1.29 is 0 Å². The van der Waals surface area contributed by atoms with Gasteiger partial charge in [0.05, 0.1) is 17.1 Å². The van der Waals surface area contributed by atoms with Crippen LogP contribution in [0.5, 0.6) is 0 Å². The summed E-state index contributed by atoms with van der Waals surface area (Å²) >= 11 is 0. The second-order valence-corrected chi connectivity index (χ2v) is 4.81. The van der Waals surface area contributed by atoms with Crippen LogP contribution < -0.4 is 11.5 Å². The molecule has 0 spiro atoms. The largest absolute Gasteiger partial charge is 0.397 e. The van der Waals surface area contributed by atoms with Crippen LogP contribution in [0.3, 0.4) is 0 Å². The molecule has 4 nitrogen and oxygen atoms in total. The van der Waals surface area contributed by atoms with Crippen molar-refractivity contribution >= 4 is 23.5 Å². The number of anilines is 2. The Kier molecular flexibility index (Phi) is 5.37. The number of para-hydroxylation sites is 1. The normalized spacial score (nSPS) is 10.2. The van der Waals surface area contributed by atoms with E-state index in [2.05, 4.69) is 10.2 Å². The number of hydrogen-bond donors (Lipinski definition) is 3. The lowest BCUT2D eigenvalue weighted by Crippen LogP contribution is -1.96. The Labute approximate surface area is 130 Å². The molecule has 1 aromatic heterocycles. The van der Waals surface area contributed by atoms with E-state index in [9.17, 15) is 0 Å². The molecule has 0 aliphatic rings. The van der Waals surface area contributed by atoms with Crippen molar-refractivity contribution in [2.45, 2.75) is 6.92 Å². The lowest BCUT2D eigenvalue weighted by atomic mass is 10.1. The molecule has 3 rings (SSSR count). The molecule has 112 valence electrons. The molecular formula is C18H20N4. The third-order valence-corrected chi connectivity index (χ3v) is 3.07. The molecule has 1 heterocycles. The molecule has 5 N–H and O–H groups in total. The van der Waals surface area contributed by atoms with Gasteiger partial charge in [0.2, 0.25) is 0 Å². The fourth-order valence-corrected chi connectivity index (χ4v) is 1.83. The second kappa shape index (κ2) is 7.69. The van der Waals surface area contributed by atoms with E-state index in [0.717, 1.165) is 16.8 Å². The summed E-state index contributed by atoms with van der Waals surface area (Å²) in [4.78, 5) is 0. The summed E-state index contributed by atoms with van der Waals surface area (Å²) in [6.07, 6.45) is 5.79. The van der Waals surface area contributed by atoms with Crippen molar-refractivity contribution in [3.8, 4) is 0 Å². The lowest BCUT2D eigenvalue weighted by Gasteiger charge is -2.03. The monoisotopic (exact) mass is 292 g/mol. The fourth-order valence-electron chi connectivity index (χ4n) is 1.83. The average Bonchev–Trinajstić information content (AvgIpc) is 3.01. The number of aryl methyl sites for hydroxylation is 1. The van der Waals surface area contributed by atoms with Crippen molar-refractivity contribution in [1.29, 1.82) is 0 Å². The van der Waals surface area contributed by atoms with E-state index in [-0.39, 0.29) is 0 Å². The van der Waals surface area contributed by atoms with Gasteiger partial charge in [-0.1, -0.05) is 54.6 Å². The van der Waals surface area contributed by atoms with Crippen LogP contribution in [0.1, 0.15) is 16.8 Å². The van der Waals surface area contributed by atoms with Crippen LogP contribution in [-0.2, 0) is 0 Å². The summed E-state index contributed by atoms with van der Waals surface area (Å²) in [7, 11) is 0. The molecule has 0 atom stereocenters. The van der Waals surface area contributed by atoms with Gasteiger partial charge in [-0.15, -0.1) is 0 Å². The third-order valence-electron chi connectivity index (χ3n) is 3.07. The predicted octanol–water partition coefficient (Wildman–Crippen LogP) is 3.74. The highest BCUT2D eigenvalue weighted by molar-refractivity contribution is 5.81. The van der Waals surface area contributed by atoms with E-state index < -0.39 is 0 Å². The number of aromatic nitrogens is 2. The van der Waals surface area contributed by atoms with E-state index in [1.54, 1.807) is 12.3 Å². The summed E-state index contributed by atoms with van der Waals surface area (Å²) in [6, 6.07) is 17.6. The van der Waals surface area contributed by atoms with Crippen LogP contribution in [0.15, 0.2) is 60.8 Å². The Hall–Kier alpha value is -3.01. The molecule has 0 aliphatic heterocycles. The van der Waals surface area contributed by atoms with Crippen molar-refractivity contribution in [1.82, 2.24) is 10.2 Å². The van der Waals surface area contributed by atoms with Gasteiger partial charge in [-0.05, 0) is 30.2 Å². The Morgan fingerprint density at radius 3 is 2.27 bits per heavy atom. The average molecular weight is 292 g/mol. The fraction of sp³-hybridized carbons (Fsp3) is 0.0556. The maximum absolute atomic E-state index is 5.87. The predicted molar refractivity (Wildman–Crippen MR) is 94.0 cm³/mol. The minimum Gasteiger partial charge on any atom is -0.397 e. The highest BCUT2D eigenvalue weighted by Gasteiger charge is 1.97. The van der Waals surface area contributed by atoms with E-state index in [1.807, 2.05) is 67.6 Å². The number of hydrogen-bond acceptors (Lipinski definition) is 3. The van der Waals surface area contributed by atoms with Crippen LogP contribution in [0, 0.1) is 6.92 Å². The van der Waals surface area contributed by atoms with Crippen molar-refractivity contribution in [3.05, 3.63) is 77.6 Å². The number of rotatable bonds is 2. The van der Waals surface area contributed by atoms with Gasteiger partial charge in [0, 0.05) is 6.20 Å². The van der Waals surface area contributed by atoms with Crippen molar-refractivity contribution in [2.24, 2.45) is 0 Å². The Morgan fingerprint density at radius 2 is 1.68 bits per heavy atom. The molecule has 0 unspecified atom stereocenters. The Bertz CT molecular complexity index is 716. The maximum Gasteiger partial charge on any atom is 0.0621 e. The van der Waals surface area contributed by atoms with Gasteiger partial charge >= 0.3 is 0 Å². The van der Waals surface area contributed by atoms with Crippen LogP contribution in [-0.4, -0.2) is 10.2 Å². The first-order chi connectivity index (χ1) is 10.7. The molecule has 22 heavy (non-hydrogen) atoms. The minimum atomic E-state index is 0.621. The highest BCUT2D eigenvalue weighted by atomic mass is 15.1. The van der Waals surface area contributed by atoms with E-state index >= 15 is 0 Å². The molecule has 0 bridgehead atoms. The quantitative estimate of drug-likeness (QED) is 0.497. The minimum absolute atomic E-state index is 0.621. The first kappa shape index (κ1) is 15.4. The number of nitrogens with zero attached hydrogens (tertiary/aromatic N) is 1. The SMILES string of the molecule is Cc1cc[nH]n1.Nc1cccc(C=Cc2ccccc2)c1N. The summed E-state index contributed by atoms with van der Waals surface area (Å²) in [5, 5.41) is 6.47. The summed E-state index contributed by atoms with van der Waals surface area (Å²) in [6.45, 7) is 1.94. The molecule has 0 radical (unpaired) electrons. The number of nitrogens with two attached hydrogens (primary N) is 2. The smallest absolute Gasteiger partial charge is 0.0621 e. The van der Waals surface area contributed by atoms with E-state index in [4.69, 9.17) is 11.5 Å². The topological polar surface area (TPSA) is 80.7 Å². The number of H-pyrrole nitrogens is 1. The molecule has 0 amide bonds. The van der Waals surface area contributed by atoms with Gasteiger partial charge in [-0.3, -0.25) is 5.10 Å². The third kappa shape index (κ3) is 4.52. The summed E-state index contributed by atoms with van der Waals surface area (Å²) < 4.78 is 0. The molecular weight excluding hydrogens is 272 g/mol. The second-order valence-electron chi connectivity index (χ2n) is 4.81. The Balaban J connectivity index is 0.000000246.